The Morgan fingerprint density at radius 1 is 0.974 bits per heavy atom. The Balaban J connectivity index is 0.000000278. The van der Waals surface area contributed by atoms with Crippen molar-refractivity contribution < 1.29 is 24.9 Å². The number of carbonyl (C=O) groups excluding carboxylic acids is 1. The minimum atomic E-state index is -0.0787. The first-order valence-electron chi connectivity index (χ1n) is 13.0. The molecule has 2 heterocycles. The van der Waals surface area contributed by atoms with Crippen molar-refractivity contribution in [3.63, 3.8) is 0 Å². The molecule has 1 aliphatic rings. The minimum absolute atomic E-state index is 0. The monoisotopic (exact) mass is 709 g/mol. The SMILES string of the molecule is CC(=O)/C=C(/C)[N-]C(C)C.CC1(C)c2c(-c3ccc4ccccc4n3)[c-]ccc2-c2sc3ccccc3c21.[Ir]. The van der Waals surface area contributed by atoms with Crippen molar-refractivity contribution in [3.05, 3.63) is 107 Å². The molecule has 5 aromatic rings. The largest absolute Gasteiger partial charge is 0.686 e. The molecule has 0 amide bonds. The number of para-hydroxylation sites is 1. The van der Waals surface area contributed by atoms with E-state index in [1.807, 2.05) is 38.2 Å². The van der Waals surface area contributed by atoms with E-state index >= 15 is 0 Å². The summed E-state index contributed by atoms with van der Waals surface area (Å²) in [6.07, 6.45) is 1.54. The Bertz CT molecular complexity index is 1700. The van der Waals surface area contributed by atoms with Crippen LogP contribution in [0.2, 0.25) is 0 Å². The van der Waals surface area contributed by atoms with Crippen LogP contribution in [0, 0.1) is 6.07 Å². The topological polar surface area (TPSA) is 44.1 Å². The Morgan fingerprint density at radius 2 is 1.69 bits per heavy atom. The van der Waals surface area contributed by atoms with E-state index in [0.717, 1.165) is 22.5 Å². The van der Waals surface area contributed by atoms with Gasteiger partial charge < -0.3 is 5.32 Å². The number of carbonyl (C=O) groups is 1. The maximum atomic E-state index is 10.5. The standard InChI is InChI=1S/C26H18NS.C8H15NO.Ir/c1-26(2)23-17(21-15-14-16-8-3-5-12-20(16)27-21)10-7-11-19(23)25-24(26)18-9-4-6-13-22(18)28-25;1-6(2)9-7(3)5-8(4)10;/h3-9,11-15H,1-2H3;5-6H,1-4H3,(H,9,10);/q-1;;/p-1. The van der Waals surface area contributed by atoms with Crippen LogP contribution >= 0.6 is 11.3 Å². The van der Waals surface area contributed by atoms with Crippen LogP contribution in [0.5, 0.6) is 0 Å². The molecule has 1 aliphatic carbocycles. The van der Waals surface area contributed by atoms with Crippen molar-refractivity contribution in [2.24, 2.45) is 0 Å². The van der Waals surface area contributed by atoms with Gasteiger partial charge in [-0.3, -0.25) is 9.78 Å². The molecule has 0 spiro atoms. The first kappa shape index (κ1) is 28.9. The molecule has 5 heteroatoms. The molecular weight excluding hydrogens is 677 g/mol. The summed E-state index contributed by atoms with van der Waals surface area (Å²) < 4.78 is 1.37. The van der Waals surface area contributed by atoms with Gasteiger partial charge in [-0.2, -0.15) is 5.70 Å². The molecule has 3 aromatic carbocycles. The molecule has 201 valence electrons. The Morgan fingerprint density at radius 3 is 2.44 bits per heavy atom. The zero-order chi connectivity index (χ0) is 27.0. The predicted octanol–water partition coefficient (Wildman–Crippen LogP) is 9.48. The molecule has 0 N–H and O–H groups in total. The van der Waals surface area contributed by atoms with Crippen LogP contribution in [-0.2, 0) is 30.3 Å². The summed E-state index contributed by atoms with van der Waals surface area (Å²) in [4.78, 5) is 16.9. The second-order valence-electron chi connectivity index (χ2n) is 10.6. The van der Waals surface area contributed by atoms with Gasteiger partial charge in [-0.25, -0.2) is 0 Å². The van der Waals surface area contributed by atoms with E-state index in [2.05, 4.69) is 92.0 Å². The Hall–Kier alpha value is -3.11. The molecule has 6 rings (SSSR count). The molecule has 0 bridgehead atoms. The second-order valence-corrected chi connectivity index (χ2v) is 11.6. The van der Waals surface area contributed by atoms with Crippen molar-refractivity contribution in [2.75, 3.05) is 0 Å². The molecule has 0 aliphatic heterocycles. The van der Waals surface area contributed by atoms with Gasteiger partial charge in [0, 0.05) is 29.7 Å². The first-order chi connectivity index (χ1) is 18.2. The molecule has 3 nitrogen and oxygen atoms in total. The fraction of sp³-hybridized carbons (Fsp3) is 0.235. The van der Waals surface area contributed by atoms with Crippen LogP contribution in [0.4, 0.5) is 0 Å². The van der Waals surface area contributed by atoms with Crippen LogP contribution < -0.4 is 0 Å². The van der Waals surface area contributed by atoms with Crippen LogP contribution in [0.1, 0.15) is 52.7 Å². The van der Waals surface area contributed by atoms with Crippen molar-refractivity contribution in [1.29, 1.82) is 0 Å². The molecule has 0 atom stereocenters. The number of ketones is 1. The molecular formula is C34H32IrN2OS-2. The van der Waals surface area contributed by atoms with Gasteiger partial charge in [0.1, 0.15) is 0 Å². The second kappa shape index (κ2) is 11.6. The maximum absolute atomic E-state index is 10.5. The van der Waals surface area contributed by atoms with Crippen molar-refractivity contribution in [2.45, 2.75) is 53.0 Å². The van der Waals surface area contributed by atoms with E-state index in [0.29, 0.717) is 0 Å². The number of hydrogen-bond donors (Lipinski definition) is 0. The number of allylic oxidation sites excluding steroid dienone is 2. The first-order valence-corrected chi connectivity index (χ1v) is 13.8. The van der Waals surface area contributed by atoms with Crippen LogP contribution in [0.25, 0.3) is 48.0 Å². The summed E-state index contributed by atoms with van der Waals surface area (Å²) in [6.45, 7) is 12.0. The summed E-state index contributed by atoms with van der Waals surface area (Å²) >= 11 is 1.90. The molecule has 2 aromatic heterocycles. The number of aromatic nitrogens is 1. The van der Waals surface area contributed by atoms with Gasteiger partial charge in [-0.1, -0.05) is 88.7 Å². The average molecular weight is 709 g/mol. The number of rotatable bonds is 4. The quantitative estimate of drug-likeness (QED) is 0.138. The van der Waals surface area contributed by atoms with E-state index in [9.17, 15) is 4.79 Å². The van der Waals surface area contributed by atoms with E-state index in [1.165, 1.54) is 44.0 Å². The average Bonchev–Trinajstić information content (AvgIpc) is 3.37. The summed E-state index contributed by atoms with van der Waals surface area (Å²) in [5.41, 5.74) is 8.03. The third-order valence-electron chi connectivity index (χ3n) is 6.82. The van der Waals surface area contributed by atoms with Crippen molar-refractivity contribution >= 4 is 38.1 Å². The predicted molar refractivity (Wildman–Crippen MR) is 162 cm³/mol. The fourth-order valence-corrected chi connectivity index (χ4v) is 6.86. The molecule has 0 unspecified atom stereocenters. The number of fused-ring (bicyclic) bond motifs is 6. The van der Waals surface area contributed by atoms with Gasteiger partial charge in [0.05, 0.1) is 5.52 Å². The summed E-state index contributed by atoms with van der Waals surface area (Å²) in [5, 5.41) is 6.70. The number of hydrogen-bond acceptors (Lipinski definition) is 3. The zero-order valence-electron chi connectivity index (χ0n) is 23.1. The van der Waals surface area contributed by atoms with E-state index in [1.54, 1.807) is 6.08 Å². The molecule has 0 fully saturated rings. The van der Waals surface area contributed by atoms with Gasteiger partial charge in [0.15, 0.2) is 5.78 Å². The smallest absolute Gasteiger partial charge is 0.151 e. The van der Waals surface area contributed by atoms with Gasteiger partial charge >= 0.3 is 0 Å². The van der Waals surface area contributed by atoms with Crippen molar-refractivity contribution in [1.82, 2.24) is 4.98 Å². The van der Waals surface area contributed by atoms with E-state index in [-0.39, 0.29) is 37.3 Å². The summed E-state index contributed by atoms with van der Waals surface area (Å²) in [7, 11) is 0. The van der Waals surface area contributed by atoms with Crippen LogP contribution in [0.3, 0.4) is 0 Å². The zero-order valence-corrected chi connectivity index (χ0v) is 26.3. The molecule has 39 heavy (non-hydrogen) atoms. The van der Waals surface area contributed by atoms with Gasteiger partial charge in [-0.15, -0.1) is 46.7 Å². The molecule has 0 saturated carbocycles. The van der Waals surface area contributed by atoms with E-state index in [4.69, 9.17) is 4.98 Å². The molecule has 0 saturated heterocycles. The van der Waals surface area contributed by atoms with E-state index < -0.39 is 0 Å². The number of benzene rings is 3. The third kappa shape index (κ3) is 5.63. The normalized spacial score (nSPS) is 13.4. The minimum Gasteiger partial charge on any atom is -0.686 e. The fourth-order valence-electron chi connectivity index (χ4n) is 5.46. The van der Waals surface area contributed by atoms with Crippen LogP contribution in [-0.4, -0.2) is 16.8 Å². The number of pyridine rings is 1. The number of nitrogens with zero attached hydrogens (tertiary/aromatic N) is 2. The van der Waals surface area contributed by atoms with Crippen LogP contribution in [0.15, 0.2) is 84.6 Å². The van der Waals surface area contributed by atoms with Gasteiger partial charge in [-0.05, 0) is 52.6 Å². The number of thiophene rings is 1. The summed E-state index contributed by atoms with van der Waals surface area (Å²) in [6, 6.07) is 29.4. The third-order valence-corrected chi connectivity index (χ3v) is 8.02. The summed E-state index contributed by atoms with van der Waals surface area (Å²) in [5.74, 6) is 0.0573. The van der Waals surface area contributed by atoms with Gasteiger partial charge in [0.25, 0.3) is 0 Å². The Kier molecular flexibility index (Phi) is 8.56. The van der Waals surface area contributed by atoms with Gasteiger partial charge in [0.2, 0.25) is 0 Å². The molecule has 1 radical (unpaired) electrons. The maximum Gasteiger partial charge on any atom is 0.151 e. The Labute approximate surface area is 248 Å². The van der Waals surface area contributed by atoms with Crippen molar-refractivity contribution in [3.8, 4) is 21.7 Å².